The molecule has 2 aromatic heterocycles. The third-order valence-electron chi connectivity index (χ3n) is 5.08. The number of hydrogen-bond donors (Lipinski definition) is 2. The van der Waals surface area contributed by atoms with Gasteiger partial charge in [-0.25, -0.2) is 4.98 Å². The highest BCUT2D eigenvalue weighted by molar-refractivity contribution is 6.30. The first-order valence-corrected chi connectivity index (χ1v) is 10.2. The van der Waals surface area contributed by atoms with Crippen LogP contribution in [0.4, 0.5) is 5.69 Å². The van der Waals surface area contributed by atoms with E-state index in [0.717, 1.165) is 27.4 Å². The van der Waals surface area contributed by atoms with Crippen molar-refractivity contribution in [1.82, 2.24) is 9.97 Å². The first-order valence-electron chi connectivity index (χ1n) is 9.80. The van der Waals surface area contributed by atoms with Crippen molar-refractivity contribution in [2.24, 2.45) is 0 Å². The molecule has 5 nitrogen and oxygen atoms in total. The number of H-pyrrole nitrogens is 1. The Hall–Kier alpha value is -3.83. The highest BCUT2D eigenvalue weighted by atomic mass is 35.5. The minimum absolute atomic E-state index is 0.173. The number of ether oxygens (including phenoxy) is 1. The maximum atomic E-state index is 13.0. The van der Waals surface area contributed by atoms with Crippen molar-refractivity contribution >= 4 is 45.0 Å². The van der Waals surface area contributed by atoms with Crippen LogP contribution in [0.15, 0.2) is 79.0 Å². The number of aromatic nitrogens is 2. The Bertz CT molecular complexity index is 1440. The summed E-state index contributed by atoms with van der Waals surface area (Å²) >= 11 is 6.16. The molecule has 0 bridgehead atoms. The zero-order chi connectivity index (χ0) is 21.4. The van der Waals surface area contributed by atoms with Gasteiger partial charge in [0.1, 0.15) is 22.3 Å². The van der Waals surface area contributed by atoms with Gasteiger partial charge in [0.25, 0.3) is 5.91 Å². The lowest BCUT2D eigenvalue weighted by Gasteiger charge is -2.13. The Balaban J connectivity index is 1.54. The van der Waals surface area contributed by atoms with E-state index in [1.54, 1.807) is 12.3 Å². The normalized spacial score (nSPS) is 11.0. The molecule has 0 atom stereocenters. The molecule has 0 saturated heterocycles. The maximum absolute atomic E-state index is 13.0. The number of halogens is 1. The van der Waals surface area contributed by atoms with Gasteiger partial charge in [0.05, 0.1) is 5.39 Å². The summed E-state index contributed by atoms with van der Waals surface area (Å²) in [4.78, 5) is 20.3. The number of carbonyl (C=O) groups is 1. The summed E-state index contributed by atoms with van der Waals surface area (Å²) in [7, 11) is 0. The summed E-state index contributed by atoms with van der Waals surface area (Å²) in [6, 6.07) is 22.6. The number of pyridine rings is 1. The predicted octanol–water partition coefficient (Wildman–Crippen LogP) is 6.72. The molecule has 5 aromatic rings. The summed E-state index contributed by atoms with van der Waals surface area (Å²) in [5, 5.41) is 5.78. The standard InChI is InChI=1S/C25H18ClN3O2/c1-15-5-2-6-16(13-15)28-25(30)19-9-3-8-18-17(19)7-4-10-21(18)31-22-14-23(26)29-24-20(22)11-12-27-24/h2-14H,1H3,(H,27,29)(H,28,30). The van der Waals surface area contributed by atoms with E-state index in [1.165, 1.54) is 0 Å². The van der Waals surface area contributed by atoms with E-state index in [0.29, 0.717) is 27.9 Å². The Kier molecular flexibility index (Phi) is 4.81. The topological polar surface area (TPSA) is 67.0 Å². The molecule has 6 heteroatoms. The number of fused-ring (bicyclic) bond motifs is 2. The predicted molar refractivity (Wildman–Crippen MR) is 124 cm³/mol. The summed E-state index contributed by atoms with van der Waals surface area (Å²) in [6.45, 7) is 1.99. The molecule has 0 aliphatic carbocycles. The van der Waals surface area contributed by atoms with Gasteiger partial charge in [0.2, 0.25) is 0 Å². The smallest absolute Gasteiger partial charge is 0.256 e. The summed E-state index contributed by atoms with van der Waals surface area (Å²) < 4.78 is 6.24. The van der Waals surface area contributed by atoms with E-state index in [2.05, 4.69) is 15.3 Å². The highest BCUT2D eigenvalue weighted by Crippen LogP contribution is 2.35. The van der Waals surface area contributed by atoms with Gasteiger partial charge in [-0.15, -0.1) is 0 Å². The van der Waals surface area contributed by atoms with Gasteiger partial charge in [-0.05, 0) is 48.2 Å². The fraction of sp³-hybridized carbons (Fsp3) is 0.0400. The molecular weight excluding hydrogens is 410 g/mol. The van der Waals surface area contributed by atoms with Crippen molar-refractivity contribution < 1.29 is 9.53 Å². The van der Waals surface area contributed by atoms with Crippen LogP contribution in [0.25, 0.3) is 21.8 Å². The molecule has 152 valence electrons. The second kappa shape index (κ2) is 7.78. The number of nitrogens with zero attached hydrogens (tertiary/aromatic N) is 1. The molecule has 3 aromatic carbocycles. The first-order chi connectivity index (χ1) is 15.1. The van der Waals surface area contributed by atoms with Crippen molar-refractivity contribution in [2.75, 3.05) is 5.32 Å². The van der Waals surface area contributed by atoms with Crippen LogP contribution in [0.5, 0.6) is 11.5 Å². The number of rotatable bonds is 4. The molecule has 1 amide bonds. The van der Waals surface area contributed by atoms with Crippen molar-refractivity contribution in [1.29, 1.82) is 0 Å². The molecule has 0 radical (unpaired) electrons. The van der Waals surface area contributed by atoms with E-state index in [-0.39, 0.29) is 5.91 Å². The Labute approximate surface area is 183 Å². The van der Waals surface area contributed by atoms with E-state index >= 15 is 0 Å². The average molecular weight is 428 g/mol. The summed E-state index contributed by atoms with van der Waals surface area (Å²) in [5.41, 5.74) is 3.07. The second-order valence-corrected chi connectivity index (χ2v) is 7.65. The van der Waals surface area contributed by atoms with E-state index in [1.807, 2.05) is 73.7 Å². The number of carbonyl (C=O) groups excluding carboxylic acids is 1. The van der Waals surface area contributed by atoms with Crippen LogP contribution in [0.1, 0.15) is 15.9 Å². The highest BCUT2D eigenvalue weighted by Gasteiger charge is 2.14. The van der Waals surface area contributed by atoms with Crippen molar-refractivity contribution in [3.8, 4) is 11.5 Å². The quantitative estimate of drug-likeness (QED) is 0.313. The Morgan fingerprint density at radius 2 is 1.74 bits per heavy atom. The van der Waals surface area contributed by atoms with Gasteiger partial charge >= 0.3 is 0 Å². The average Bonchev–Trinajstić information content (AvgIpc) is 3.22. The van der Waals surface area contributed by atoms with Gasteiger partial charge in [-0.1, -0.05) is 48.0 Å². The minimum atomic E-state index is -0.173. The third kappa shape index (κ3) is 3.71. The number of nitrogens with one attached hydrogen (secondary N) is 2. The molecular formula is C25H18ClN3O2. The van der Waals surface area contributed by atoms with Crippen LogP contribution in [-0.4, -0.2) is 15.9 Å². The van der Waals surface area contributed by atoms with Gasteiger partial charge in [-0.2, -0.15) is 0 Å². The first kappa shape index (κ1) is 19.2. The number of amides is 1. The Morgan fingerprint density at radius 1 is 0.935 bits per heavy atom. The van der Waals surface area contributed by atoms with Crippen LogP contribution < -0.4 is 10.1 Å². The lowest BCUT2D eigenvalue weighted by Crippen LogP contribution is -2.12. The number of anilines is 1. The van der Waals surface area contributed by atoms with Gasteiger partial charge in [0.15, 0.2) is 0 Å². The number of aryl methyl sites for hydroxylation is 1. The maximum Gasteiger partial charge on any atom is 0.256 e. The fourth-order valence-corrected chi connectivity index (χ4v) is 3.85. The van der Waals surface area contributed by atoms with Crippen LogP contribution in [0, 0.1) is 6.92 Å². The summed E-state index contributed by atoms with van der Waals surface area (Å²) in [5.74, 6) is 1.05. The van der Waals surface area contributed by atoms with Crippen molar-refractivity contribution in [3.63, 3.8) is 0 Å². The van der Waals surface area contributed by atoms with E-state index in [4.69, 9.17) is 16.3 Å². The molecule has 2 N–H and O–H groups in total. The number of hydrogen-bond acceptors (Lipinski definition) is 3. The molecule has 0 fully saturated rings. The van der Waals surface area contributed by atoms with Crippen LogP contribution in [0.3, 0.4) is 0 Å². The molecule has 0 spiro atoms. The van der Waals surface area contributed by atoms with E-state index in [9.17, 15) is 4.79 Å². The lowest BCUT2D eigenvalue weighted by molar-refractivity contribution is 0.102. The third-order valence-corrected chi connectivity index (χ3v) is 5.28. The van der Waals surface area contributed by atoms with Crippen LogP contribution in [0.2, 0.25) is 5.15 Å². The number of aromatic amines is 1. The van der Waals surface area contributed by atoms with Gasteiger partial charge in [0, 0.05) is 28.9 Å². The monoisotopic (exact) mass is 427 g/mol. The molecule has 0 aliphatic heterocycles. The number of benzene rings is 3. The van der Waals surface area contributed by atoms with Gasteiger partial charge in [-0.3, -0.25) is 4.79 Å². The molecule has 0 aliphatic rings. The second-order valence-electron chi connectivity index (χ2n) is 7.27. The zero-order valence-electron chi connectivity index (χ0n) is 16.6. The van der Waals surface area contributed by atoms with Crippen LogP contribution >= 0.6 is 11.6 Å². The largest absolute Gasteiger partial charge is 0.456 e. The molecule has 0 saturated carbocycles. The fourth-order valence-electron chi connectivity index (χ4n) is 3.67. The van der Waals surface area contributed by atoms with Crippen molar-refractivity contribution in [3.05, 3.63) is 95.3 Å². The van der Waals surface area contributed by atoms with Crippen molar-refractivity contribution in [2.45, 2.75) is 6.92 Å². The van der Waals surface area contributed by atoms with Crippen LogP contribution in [-0.2, 0) is 0 Å². The Morgan fingerprint density at radius 3 is 2.61 bits per heavy atom. The van der Waals surface area contributed by atoms with Gasteiger partial charge < -0.3 is 15.0 Å². The molecule has 0 unspecified atom stereocenters. The molecule has 2 heterocycles. The summed E-state index contributed by atoms with van der Waals surface area (Å²) in [6.07, 6.45) is 1.79. The molecule has 5 rings (SSSR count). The molecule has 31 heavy (non-hydrogen) atoms. The minimum Gasteiger partial charge on any atom is -0.456 e. The lowest BCUT2D eigenvalue weighted by atomic mass is 10.0. The zero-order valence-corrected chi connectivity index (χ0v) is 17.4. The SMILES string of the molecule is Cc1cccc(NC(=O)c2cccc3c(Oc4cc(Cl)nc5[nH]ccc45)cccc23)c1. The van der Waals surface area contributed by atoms with E-state index < -0.39 is 0 Å².